The van der Waals surface area contributed by atoms with Gasteiger partial charge in [0.15, 0.2) is 0 Å². The highest BCUT2D eigenvalue weighted by Crippen LogP contribution is 2.02. The van der Waals surface area contributed by atoms with Crippen LogP contribution < -0.4 is 0 Å². The summed E-state index contributed by atoms with van der Waals surface area (Å²) in [5.41, 5.74) is 0. The SMILES string of the molecule is CCCN(O)C(=O)CC[S+]([O-])CCC(=O)N(O)CCC. The van der Waals surface area contributed by atoms with Crippen LogP contribution in [0.1, 0.15) is 39.5 Å². The van der Waals surface area contributed by atoms with E-state index in [4.69, 9.17) is 0 Å². The molecule has 0 fully saturated rings. The maximum Gasteiger partial charge on any atom is 0.250 e. The van der Waals surface area contributed by atoms with Gasteiger partial charge in [0, 0.05) is 13.1 Å². The van der Waals surface area contributed by atoms with Crippen LogP contribution in [-0.2, 0) is 20.8 Å². The van der Waals surface area contributed by atoms with E-state index < -0.39 is 23.0 Å². The predicted molar refractivity (Wildman–Crippen MR) is 74.7 cm³/mol. The van der Waals surface area contributed by atoms with Crippen LogP contribution in [-0.4, -0.2) is 61.5 Å². The van der Waals surface area contributed by atoms with E-state index in [-0.39, 0.29) is 37.4 Å². The first-order valence-corrected chi connectivity index (χ1v) is 8.24. The first kappa shape index (κ1) is 19.2. The lowest BCUT2D eigenvalue weighted by atomic mass is 10.4. The van der Waals surface area contributed by atoms with Gasteiger partial charge in [0.1, 0.15) is 11.5 Å². The lowest BCUT2D eigenvalue weighted by Crippen LogP contribution is -2.31. The van der Waals surface area contributed by atoms with Crippen LogP contribution in [0.5, 0.6) is 0 Å². The second kappa shape index (κ2) is 10.9. The van der Waals surface area contributed by atoms with E-state index in [0.29, 0.717) is 23.0 Å². The standard InChI is InChI=1S/C12H24N2O5S/c1-3-7-13(17)11(15)5-9-20(19)10-6-12(16)14(18)8-4-2/h17-18H,3-10H2,1-2H3. The number of amides is 2. The summed E-state index contributed by atoms with van der Waals surface area (Å²) in [6, 6.07) is 0. The molecular formula is C12H24N2O5S. The molecule has 0 saturated heterocycles. The van der Waals surface area contributed by atoms with E-state index >= 15 is 0 Å². The summed E-state index contributed by atoms with van der Waals surface area (Å²) in [6.45, 7) is 4.16. The number of nitrogens with zero attached hydrogens (tertiary/aromatic N) is 2. The van der Waals surface area contributed by atoms with Gasteiger partial charge in [-0.3, -0.25) is 20.0 Å². The van der Waals surface area contributed by atoms with Crippen LogP contribution in [0.4, 0.5) is 0 Å². The maximum absolute atomic E-state index is 11.6. The molecule has 0 aliphatic carbocycles. The summed E-state index contributed by atoms with van der Waals surface area (Å²) in [4.78, 5) is 22.8. The third-order valence-electron chi connectivity index (χ3n) is 2.53. The monoisotopic (exact) mass is 308 g/mol. The Hall–Kier alpha value is -0.830. The molecule has 0 aromatic rings. The normalized spacial score (nSPS) is 10.7. The van der Waals surface area contributed by atoms with Crippen LogP contribution in [0.15, 0.2) is 0 Å². The topological polar surface area (TPSA) is 104 Å². The summed E-state index contributed by atoms with van der Waals surface area (Å²) in [6.07, 6.45) is 1.25. The van der Waals surface area contributed by atoms with E-state index in [1.807, 2.05) is 13.8 Å². The molecule has 0 aromatic carbocycles. The molecule has 8 heteroatoms. The molecule has 0 rings (SSSR count). The Morgan fingerprint density at radius 1 is 0.950 bits per heavy atom. The third kappa shape index (κ3) is 8.36. The van der Waals surface area contributed by atoms with Gasteiger partial charge in [-0.1, -0.05) is 25.0 Å². The lowest BCUT2D eigenvalue weighted by Gasteiger charge is -2.16. The second-order valence-electron chi connectivity index (χ2n) is 4.38. The van der Waals surface area contributed by atoms with Gasteiger partial charge in [-0.2, -0.15) is 0 Å². The molecule has 20 heavy (non-hydrogen) atoms. The Morgan fingerprint density at radius 2 is 1.30 bits per heavy atom. The smallest absolute Gasteiger partial charge is 0.250 e. The van der Waals surface area contributed by atoms with Crippen molar-refractivity contribution in [2.75, 3.05) is 24.6 Å². The van der Waals surface area contributed by atoms with Crippen molar-refractivity contribution in [3.05, 3.63) is 0 Å². The number of hydroxylamine groups is 4. The van der Waals surface area contributed by atoms with Crippen molar-refractivity contribution in [2.45, 2.75) is 39.5 Å². The van der Waals surface area contributed by atoms with Gasteiger partial charge in [0.05, 0.1) is 12.8 Å². The van der Waals surface area contributed by atoms with Gasteiger partial charge in [-0.15, -0.1) is 0 Å². The molecular weight excluding hydrogens is 284 g/mol. The minimum Gasteiger partial charge on any atom is -0.616 e. The van der Waals surface area contributed by atoms with Crippen LogP contribution in [0.3, 0.4) is 0 Å². The Morgan fingerprint density at radius 3 is 1.60 bits per heavy atom. The molecule has 0 aliphatic heterocycles. The molecule has 0 atom stereocenters. The third-order valence-corrected chi connectivity index (χ3v) is 3.85. The van der Waals surface area contributed by atoms with Gasteiger partial charge in [0.25, 0.3) is 11.8 Å². The molecule has 0 aromatic heterocycles. The minimum absolute atomic E-state index is 0.0187. The lowest BCUT2D eigenvalue weighted by molar-refractivity contribution is -0.165. The molecule has 2 amide bonds. The van der Waals surface area contributed by atoms with Gasteiger partial charge in [0.2, 0.25) is 0 Å². The quantitative estimate of drug-likeness (QED) is 0.352. The van der Waals surface area contributed by atoms with Crippen LogP contribution in [0, 0.1) is 0 Å². The van der Waals surface area contributed by atoms with E-state index in [0.717, 1.165) is 0 Å². The van der Waals surface area contributed by atoms with Crippen molar-refractivity contribution < 1.29 is 24.6 Å². The average Bonchev–Trinajstić information content (AvgIpc) is 2.42. The fourth-order valence-electron chi connectivity index (χ4n) is 1.44. The fourth-order valence-corrected chi connectivity index (χ4v) is 2.44. The number of hydrogen-bond acceptors (Lipinski definition) is 5. The van der Waals surface area contributed by atoms with Crippen molar-refractivity contribution in [1.82, 2.24) is 10.1 Å². The zero-order valence-corrected chi connectivity index (χ0v) is 12.9. The second-order valence-corrected chi connectivity index (χ2v) is 6.08. The van der Waals surface area contributed by atoms with E-state index in [1.165, 1.54) is 0 Å². The maximum atomic E-state index is 11.6. The average molecular weight is 308 g/mol. The molecule has 0 saturated carbocycles. The van der Waals surface area contributed by atoms with E-state index in [1.54, 1.807) is 0 Å². The molecule has 0 heterocycles. The van der Waals surface area contributed by atoms with Crippen LogP contribution in [0.25, 0.3) is 0 Å². The summed E-state index contributed by atoms with van der Waals surface area (Å²) in [5.74, 6) is -0.736. The van der Waals surface area contributed by atoms with Crippen molar-refractivity contribution in [1.29, 1.82) is 0 Å². The fraction of sp³-hybridized carbons (Fsp3) is 0.833. The van der Waals surface area contributed by atoms with E-state index in [2.05, 4.69) is 0 Å². The minimum atomic E-state index is -1.32. The predicted octanol–water partition coefficient (Wildman–Crippen LogP) is 0.771. The molecule has 0 radical (unpaired) electrons. The highest BCUT2D eigenvalue weighted by molar-refractivity contribution is 7.91. The highest BCUT2D eigenvalue weighted by atomic mass is 32.2. The first-order valence-electron chi connectivity index (χ1n) is 6.75. The highest BCUT2D eigenvalue weighted by Gasteiger charge is 2.17. The summed E-state index contributed by atoms with van der Waals surface area (Å²) < 4.78 is 11.6. The summed E-state index contributed by atoms with van der Waals surface area (Å²) in [5, 5.41) is 19.8. The molecule has 0 unspecified atom stereocenters. The zero-order valence-electron chi connectivity index (χ0n) is 12.1. The first-order chi connectivity index (χ1) is 9.42. The zero-order chi connectivity index (χ0) is 15.5. The molecule has 2 N–H and O–H groups in total. The van der Waals surface area contributed by atoms with Crippen molar-refractivity contribution in [3.63, 3.8) is 0 Å². The molecule has 0 bridgehead atoms. The number of rotatable bonds is 10. The molecule has 0 aliphatic rings. The van der Waals surface area contributed by atoms with Crippen molar-refractivity contribution in [2.24, 2.45) is 0 Å². The summed E-state index contributed by atoms with van der Waals surface area (Å²) in [7, 11) is 0. The molecule has 7 nitrogen and oxygen atoms in total. The largest absolute Gasteiger partial charge is 0.616 e. The van der Waals surface area contributed by atoms with E-state index in [9.17, 15) is 24.6 Å². The van der Waals surface area contributed by atoms with Gasteiger partial charge in [-0.05, 0) is 12.8 Å². The van der Waals surface area contributed by atoms with Crippen LogP contribution in [0.2, 0.25) is 0 Å². The number of hydrogen-bond donors (Lipinski definition) is 2. The number of carbonyl (C=O) groups is 2. The van der Waals surface area contributed by atoms with Crippen molar-refractivity contribution >= 4 is 23.0 Å². The Labute approximate surface area is 122 Å². The Balaban J connectivity index is 3.86. The number of carbonyl (C=O) groups excluding carboxylic acids is 2. The molecule has 118 valence electrons. The Bertz CT molecular complexity index is 276. The molecule has 0 spiro atoms. The van der Waals surface area contributed by atoms with Gasteiger partial charge >= 0.3 is 0 Å². The van der Waals surface area contributed by atoms with Gasteiger partial charge in [-0.25, -0.2) is 10.1 Å². The van der Waals surface area contributed by atoms with Gasteiger partial charge < -0.3 is 4.55 Å². The summed E-state index contributed by atoms with van der Waals surface area (Å²) >= 11 is -1.32. The Kier molecular flexibility index (Phi) is 10.4. The van der Waals surface area contributed by atoms with Crippen LogP contribution >= 0.6 is 0 Å². The van der Waals surface area contributed by atoms with Crippen molar-refractivity contribution in [3.8, 4) is 0 Å².